The molecule has 0 bridgehead atoms. The van der Waals surface area contributed by atoms with Gasteiger partial charge in [0.1, 0.15) is 0 Å². The molecule has 0 aliphatic rings. The van der Waals surface area contributed by atoms with E-state index < -0.39 is 12.1 Å². The van der Waals surface area contributed by atoms with Gasteiger partial charge in [-0.15, -0.1) is 0 Å². The van der Waals surface area contributed by atoms with Crippen LogP contribution in [0.4, 0.5) is 0 Å². The molecule has 0 saturated heterocycles. The normalized spacial score (nSPS) is 12.3. The van der Waals surface area contributed by atoms with Crippen LogP contribution in [-0.4, -0.2) is 24.3 Å². The first-order valence-corrected chi connectivity index (χ1v) is 5.42. The Labute approximate surface area is 101 Å². The van der Waals surface area contributed by atoms with E-state index in [-0.39, 0.29) is 6.42 Å². The number of ether oxygens (including phenoxy) is 1. The standard InChI is InChI=1S/C10H10BrClO3/c1-15-10(14)9(13)5-6-7(11)3-2-4-8(6)12/h2-4,9,13H,5H2,1H3. The summed E-state index contributed by atoms with van der Waals surface area (Å²) in [6.45, 7) is 0. The van der Waals surface area contributed by atoms with E-state index >= 15 is 0 Å². The highest BCUT2D eigenvalue weighted by atomic mass is 79.9. The first-order chi connectivity index (χ1) is 7.06. The molecule has 0 aliphatic carbocycles. The number of esters is 1. The van der Waals surface area contributed by atoms with Crippen molar-refractivity contribution in [2.45, 2.75) is 12.5 Å². The molecule has 1 N–H and O–H groups in total. The van der Waals surface area contributed by atoms with Crippen LogP contribution in [0.2, 0.25) is 5.02 Å². The Morgan fingerprint density at radius 1 is 1.67 bits per heavy atom. The molecular weight excluding hydrogens is 283 g/mol. The molecule has 1 atom stereocenters. The van der Waals surface area contributed by atoms with Crippen molar-refractivity contribution in [1.29, 1.82) is 0 Å². The Morgan fingerprint density at radius 3 is 2.87 bits per heavy atom. The summed E-state index contributed by atoms with van der Waals surface area (Å²) in [7, 11) is 1.23. The number of hydrogen-bond donors (Lipinski definition) is 1. The van der Waals surface area contributed by atoms with E-state index in [4.69, 9.17) is 11.6 Å². The number of carbonyl (C=O) groups is 1. The van der Waals surface area contributed by atoms with Crippen molar-refractivity contribution in [3.05, 3.63) is 33.3 Å². The molecule has 0 aliphatic heterocycles. The summed E-state index contributed by atoms with van der Waals surface area (Å²) in [5, 5.41) is 9.97. The van der Waals surface area contributed by atoms with E-state index in [9.17, 15) is 9.90 Å². The van der Waals surface area contributed by atoms with Gasteiger partial charge in [-0.05, 0) is 17.7 Å². The third-order valence-corrected chi connectivity index (χ3v) is 3.03. The number of carbonyl (C=O) groups excluding carboxylic acids is 1. The number of aliphatic hydroxyl groups excluding tert-OH is 1. The van der Waals surface area contributed by atoms with Crippen LogP contribution in [0, 0.1) is 0 Å². The third-order valence-electron chi connectivity index (χ3n) is 1.93. The van der Waals surface area contributed by atoms with Gasteiger partial charge in [-0.1, -0.05) is 33.6 Å². The zero-order valence-corrected chi connectivity index (χ0v) is 10.4. The minimum atomic E-state index is -1.19. The van der Waals surface area contributed by atoms with Crippen LogP contribution in [0.15, 0.2) is 22.7 Å². The van der Waals surface area contributed by atoms with Crippen molar-refractivity contribution in [1.82, 2.24) is 0 Å². The number of halogens is 2. The molecule has 82 valence electrons. The number of benzene rings is 1. The zero-order chi connectivity index (χ0) is 11.4. The molecule has 3 nitrogen and oxygen atoms in total. The quantitative estimate of drug-likeness (QED) is 0.869. The summed E-state index contributed by atoms with van der Waals surface area (Å²) in [4.78, 5) is 11.0. The van der Waals surface area contributed by atoms with Gasteiger partial charge in [0.15, 0.2) is 6.10 Å². The van der Waals surface area contributed by atoms with Gasteiger partial charge in [-0.25, -0.2) is 4.79 Å². The van der Waals surface area contributed by atoms with E-state index in [0.717, 1.165) is 4.47 Å². The number of methoxy groups -OCH3 is 1. The topological polar surface area (TPSA) is 46.5 Å². The largest absolute Gasteiger partial charge is 0.467 e. The minimum absolute atomic E-state index is 0.132. The summed E-state index contributed by atoms with van der Waals surface area (Å²) < 4.78 is 5.18. The molecule has 0 saturated carbocycles. The summed E-state index contributed by atoms with van der Waals surface area (Å²) in [6.07, 6.45) is -1.06. The molecule has 1 rings (SSSR count). The highest BCUT2D eigenvalue weighted by Crippen LogP contribution is 2.26. The Kier molecular flexibility index (Phi) is 4.57. The van der Waals surface area contributed by atoms with Gasteiger partial charge in [0.25, 0.3) is 0 Å². The number of rotatable bonds is 3. The van der Waals surface area contributed by atoms with Gasteiger partial charge in [-0.3, -0.25) is 0 Å². The molecule has 0 radical (unpaired) electrons. The summed E-state index contributed by atoms with van der Waals surface area (Å²) in [5.41, 5.74) is 0.692. The number of aliphatic hydroxyl groups is 1. The maximum absolute atomic E-state index is 11.0. The van der Waals surface area contributed by atoms with Crippen LogP contribution in [0.1, 0.15) is 5.56 Å². The molecule has 15 heavy (non-hydrogen) atoms. The molecule has 0 heterocycles. The molecule has 5 heteroatoms. The van der Waals surface area contributed by atoms with Gasteiger partial charge in [-0.2, -0.15) is 0 Å². The van der Waals surface area contributed by atoms with Gasteiger partial charge in [0.2, 0.25) is 0 Å². The van der Waals surface area contributed by atoms with E-state index in [2.05, 4.69) is 20.7 Å². The molecule has 0 fully saturated rings. The zero-order valence-electron chi connectivity index (χ0n) is 8.04. The smallest absolute Gasteiger partial charge is 0.335 e. The van der Waals surface area contributed by atoms with Gasteiger partial charge >= 0.3 is 5.97 Å². The maximum Gasteiger partial charge on any atom is 0.335 e. The van der Waals surface area contributed by atoms with Gasteiger partial charge < -0.3 is 9.84 Å². The SMILES string of the molecule is COC(=O)C(O)Cc1c(Cl)cccc1Br. The molecule has 1 aromatic rings. The van der Waals surface area contributed by atoms with E-state index in [0.29, 0.717) is 10.6 Å². The first-order valence-electron chi connectivity index (χ1n) is 4.25. The van der Waals surface area contributed by atoms with Crippen molar-refractivity contribution in [2.75, 3.05) is 7.11 Å². The lowest BCUT2D eigenvalue weighted by atomic mass is 10.1. The Hall–Kier alpha value is -0.580. The lowest BCUT2D eigenvalue weighted by Gasteiger charge is -2.11. The van der Waals surface area contributed by atoms with Crippen molar-refractivity contribution in [3.63, 3.8) is 0 Å². The van der Waals surface area contributed by atoms with Crippen LogP contribution in [0.3, 0.4) is 0 Å². The molecule has 1 aromatic carbocycles. The average molecular weight is 294 g/mol. The second-order valence-corrected chi connectivity index (χ2v) is 4.20. The van der Waals surface area contributed by atoms with Crippen LogP contribution in [0.25, 0.3) is 0 Å². The van der Waals surface area contributed by atoms with Crippen LogP contribution >= 0.6 is 27.5 Å². The van der Waals surface area contributed by atoms with Crippen LogP contribution in [0.5, 0.6) is 0 Å². The minimum Gasteiger partial charge on any atom is -0.467 e. The molecule has 0 aromatic heterocycles. The Balaban J connectivity index is 2.85. The van der Waals surface area contributed by atoms with E-state index in [1.165, 1.54) is 7.11 Å². The van der Waals surface area contributed by atoms with Crippen molar-refractivity contribution < 1.29 is 14.6 Å². The maximum atomic E-state index is 11.0. The van der Waals surface area contributed by atoms with Crippen molar-refractivity contribution >= 4 is 33.5 Å². The van der Waals surface area contributed by atoms with Crippen LogP contribution < -0.4 is 0 Å². The number of hydrogen-bond acceptors (Lipinski definition) is 3. The fourth-order valence-electron chi connectivity index (χ4n) is 1.14. The highest BCUT2D eigenvalue weighted by Gasteiger charge is 2.18. The Bertz CT molecular complexity index is 347. The predicted octanol–water partition coefficient (Wildman–Crippen LogP) is 2.18. The highest BCUT2D eigenvalue weighted by molar-refractivity contribution is 9.10. The predicted molar refractivity (Wildman–Crippen MR) is 60.9 cm³/mol. The molecule has 0 amide bonds. The average Bonchev–Trinajstić information content (AvgIpc) is 2.22. The van der Waals surface area contributed by atoms with Gasteiger partial charge in [0.05, 0.1) is 7.11 Å². The third kappa shape index (κ3) is 3.19. The fourth-order valence-corrected chi connectivity index (χ4v) is 2.03. The fraction of sp³-hybridized carbons (Fsp3) is 0.300. The van der Waals surface area contributed by atoms with E-state index in [1.807, 2.05) is 0 Å². The molecule has 0 spiro atoms. The van der Waals surface area contributed by atoms with Gasteiger partial charge in [0, 0.05) is 15.9 Å². The second kappa shape index (κ2) is 5.49. The molecular formula is C10H10BrClO3. The lowest BCUT2D eigenvalue weighted by molar-refractivity contribution is -0.150. The van der Waals surface area contributed by atoms with Crippen molar-refractivity contribution in [2.24, 2.45) is 0 Å². The van der Waals surface area contributed by atoms with E-state index in [1.54, 1.807) is 18.2 Å². The monoisotopic (exact) mass is 292 g/mol. The lowest BCUT2D eigenvalue weighted by Crippen LogP contribution is -2.24. The summed E-state index contributed by atoms with van der Waals surface area (Å²) in [6, 6.07) is 5.28. The van der Waals surface area contributed by atoms with Crippen molar-refractivity contribution in [3.8, 4) is 0 Å². The summed E-state index contributed by atoms with van der Waals surface area (Å²) >= 11 is 9.23. The molecule has 1 unspecified atom stereocenters. The van der Waals surface area contributed by atoms with Crippen LogP contribution in [-0.2, 0) is 16.0 Å². The summed E-state index contributed by atoms with van der Waals surface area (Å²) in [5.74, 6) is -0.665. The Morgan fingerprint density at radius 2 is 2.33 bits per heavy atom. The second-order valence-electron chi connectivity index (χ2n) is 2.94. The first kappa shape index (κ1) is 12.5.